The molecule has 1 aromatic rings. The number of carbonyl (C=O) groups is 1. The molecule has 0 saturated heterocycles. The zero-order chi connectivity index (χ0) is 12.3. The van der Waals surface area contributed by atoms with Crippen LogP contribution in [0.3, 0.4) is 0 Å². The number of rotatable bonds is 4. The van der Waals surface area contributed by atoms with Crippen LogP contribution in [0.15, 0.2) is 12.1 Å². The number of hydrogen-bond donors (Lipinski definition) is 3. The first-order valence-corrected chi connectivity index (χ1v) is 4.38. The minimum absolute atomic E-state index is 0.00614. The van der Waals surface area contributed by atoms with Crippen molar-refractivity contribution in [2.24, 2.45) is 5.73 Å². The number of nitrogens with two attached hydrogens (primary N) is 2. The second-order valence-corrected chi connectivity index (χ2v) is 3.16. The topological polar surface area (TPSA) is 137 Å². The first-order chi connectivity index (χ1) is 7.40. The second-order valence-electron chi connectivity index (χ2n) is 3.16. The van der Waals surface area contributed by atoms with Crippen molar-refractivity contribution in [1.82, 2.24) is 4.98 Å². The fourth-order valence-corrected chi connectivity index (χ4v) is 1.01. The lowest BCUT2D eigenvalue weighted by atomic mass is 10.3. The number of nitrogens with zero attached hydrogens (tertiary/aromatic N) is 2. The van der Waals surface area contributed by atoms with Gasteiger partial charge in [0.25, 0.3) is 5.69 Å². The molecule has 1 aromatic heterocycles. The molecule has 0 spiro atoms. The average molecular weight is 225 g/mol. The molecule has 1 rings (SSSR count). The molecular weight excluding hydrogens is 214 g/mol. The van der Waals surface area contributed by atoms with Gasteiger partial charge < -0.3 is 16.8 Å². The lowest BCUT2D eigenvalue weighted by molar-refractivity contribution is -0.384. The molecule has 1 unspecified atom stereocenters. The molecule has 16 heavy (non-hydrogen) atoms. The van der Waals surface area contributed by atoms with Crippen LogP contribution in [0.1, 0.15) is 6.92 Å². The normalized spacial score (nSPS) is 11.8. The van der Waals surface area contributed by atoms with Crippen molar-refractivity contribution in [3.8, 4) is 0 Å². The molecule has 8 heteroatoms. The molecule has 0 radical (unpaired) electrons. The van der Waals surface area contributed by atoms with Crippen molar-refractivity contribution in [3.05, 3.63) is 22.2 Å². The van der Waals surface area contributed by atoms with Crippen LogP contribution in [0.2, 0.25) is 0 Å². The van der Waals surface area contributed by atoms with E-state index >= 15 is 0 Å². The van der Waals surface area contributed by atoms with E-state index in [4.69, 9.17) is 11.5 Å². The number of hydrogen-bond acceptors (Lipinski definition) is 6. The highest BCUT2D eigenvalue weighted by atomic mass is 16.6. The molecule has 8 nitrogen and oxygen atoms in total. The second kappa shape index (κ2) is 4.43. The number of primary amides is 1. The van der Waals surface area contributed by atoms with Gasteiger partial charge in [-0.25, -0.2) is 4.98 Å². The molecule has 0 aliphatic rings. The maximum atomic E-state index is 10.8. The van der Waals surface area contributed by atoms with E-state index < -0.39 is 16.9 Å². The lowest BCUT2D eigenvalue weighted by Gasteiger charge is -2.10. The standard InChI is InChI=1S/C8H11N5O3/c1-4(8(10)14)11-7-3-5(13(15)16)2-6(9)12-7/h2-4H,1H3,(H2,10,14)(H3,9,11,12). The van der Waals surface area contributed by atoms with Crippen molar-refractivity contribution >= 4 is 23.2 Å². The van der Waals surface area contributed by atoms with Crippen molar-refractivity contribution in [2.45, 2.75) is 13.0 Å². The Morgan fingerprint density at radius 2 is 2.25 bits per heavy atom. The average Bonchev–Trinajstić information content (AvgIpc) is 2.16. The van der Waals surface area contributed by atoms with E-state index in [2.05, 4.69) is 10.3 Å². The number of nitrogens with one attached hydrogen (secondary N) is 1. The molecule has 5 N–H and O–H groups in total. The monoisotopic (exact) mass is 225 g/mol. The Morgan fingerprint density at radius 1 is 1.62 bits per heavy atom. The molecule has 0 bridgehead atoms. The van der Waals surface area contributed by atoms with E-state index in [1.807, 2.05) is 0 Å². The van der Waals surface area contributed by atoms with Crippen LogP contribution in [0, 0.1) is 10.1 Å². The van der Waals surface area contributed by atoms with Crippen molar-refractivity contribution in [3.63, 3.8) is 0 Å². The zero-order valence-electron chi connectivity index (χ0n) is 8.51. The van der Waals surface area contributed by atoms with Crippen molar-refractivity contribution in [2.75, 3.05) is 11.1 Å². The minimum atomic E-state index is -0.686. The van der Waals surface area contributed by atoms with Gasteiger partial charge in [-0.2, -0.15) is 0 Å². The van der Waals surface area contributed by atoms with Crippen LogP contribution in [0.4, 0.5) is 17.3 Å². The predicted molar refractivity (Wildman–Crippen MR) is 57.6 cm³/mol. The smallest absolute Gasteiger partial charge is 0.276 e. The highest BCUT2D eigenvalue weighted by Crippen LogP contribution is 2.18. The summed E-state index contributed by atoms with van der Waals surface area (Å²) in [5, 5.41) is 13.1. The Morgan fingerprint density at radius 3 is 2.75 bits per heavy atom. The number of carbonyl (C=O) groups excluding carboxylic acids is 1. The first-order valence-electron chi connectivity index (χ1n) is 4.38. The van der Waals surface area contributed by atoms with Gasteiger partial charge in [0.05, 0.1) is 17.1 Å². The van der Waals surface area contributed by atoms with Gasteiger partial charge in [0.1, 0.15) is 17.7 Å². The van der Waals surface area contributed by atoms with Gasteiger partial charge in [-0.1, -0.05) is 0 Å². The van der Waals surface area contributed by atoms with E-state index in [9.17, 15) is 14.9 Å². The third kappa shape index (κ3) is 2.80. The number of pyridine rings is 1. The summed E-state index contributed by atoms with van der Waals surface area (Å²) in [6, 6.07) is 1.62. The molecule has 0 aromatic carbocycles. The molecule has 0 saturated carbocycles. The Bertz CT molecular complexity index is 434. The summed E-state index contributed by atoms with van der Waals surface area (Å²) >= 11 is 0. The van der Waals surface area contributed by atoms with Crippen LogP contribution in [-0.4, -0.2) is 21.9 Å². The summed E-state index contributed by atoms with van der Waals surface area (Å²) in [7, 11) is 0. The summed E-state index contributed by atoms with van der Waals surface area (Å²) in [5.41, 5.74) is 10.2. The number of anilines is 2. The lowest BCUT2D eigenvalue weighted by Crippen LogP contribution is -2.32. The summed E-state index contributed by atoms with van der Waals surface area (Å²) in [5.74, 6) is -0.460. The molecule has 86 valence electrons. The summed E-state index contributed by atoms with van der Waals surface area (Å²) < 4.78 is 0. The largest absolute Gasteiger partial charge is 0.383 e. The molecule has 1 amide bonds. The Hall–Kier alpha value is -2.38. The van der Waals surface area contributed by atoms with Gasteiger partial charge >= 0.3 is 0 Å². The third-order valence-electron chi connectivity index (χ3n) is 1.83. The number of nitrogen functional groups attached to an aromatic ring is 1. The van der Waals surface area contributed by atoms with E-state index in [0.717, 1.165) is 6.07 Å². The van der Waals surface area contributed by atoms with Crippen LogP contribution >= 0.6 is 0 Å². The van der Waals surface area contributed by atoms with Crippen LogP contribution in [0.25, 0.3) is 0 Å². The molecule has 1 heterocycles. The van der Waals surface area contributed by atoms with Crippen LogP contribution in [-0.2, 0) is 4.79 Å². The zero-order valence-corrected chi connectivity index (χ0v) is 8.51. The quantitative estimate of drug-likeness (QED) is 0.481. The Labute approximate surface area is 90.8 Å². The van der Waals surface area contributed by atoms with E-state index in [-0.39, 0.29) is 17.3 Å². The third-order valence-corrected chi connectivity index (χ3v) is 1.83. The fraction of sp³-hybridized carbons (Fsp3) is 0.250. The highest BCUT2D eigenvalue weighted by molar-refractivity contribution is 5.82. The van der Waals surface area contributed by atoms with E-state index in [1.165, 1.54) is 13.0 Å². The number of aromatic nitrogens is 1. The predicted octanol–water partition coefficient (Wildman–Crippen LogP) is -0.142. The molecule has 1 atom stereocenters. The first kappa shape index (κ1) is 11.7. The number of amides is 1. The molecular formula is C8H11N5O3. The maximum Gasteiger partial charge on any atom is 0.276 e. The Balaban J connectivity index is 2.97. The van der Waals surface area contributed by atoms with E-state index in [1.54, 1.807) is 0 Å². The van der Waals surface area contributed by atoms with Crippen molar-refractivity contribution < 1.29 is 9.72 Å². The molecule has 0 aliphatic carbocycles. The summed E-state index contributed by atoms with van der Waals surface area (Å²) in [6.07, 6.45) is 0. The van der Waals surface area contributed by atoms with Crippen LogP contribution in [0.5, 0.6) is 0 Å². The summed E-state index contributed by atoms with van der Waals surface area (Å²) in [4.78, 5) is 24.5. The van der Waals surface area contributed by atoms with Gasteiger partial charge in [-0.15, -0.1) is 0 Å². The SMILES string of the molecule is CC(Nc1cc([N+](=O)[O-])cc(N)n1)C(N)=O. The molecule has 0 fully saturated rings. The van der Waals surface area contributed by atoms with Gasteiger partial charge in [-0.05, 0) is 6.92 Å². The number of nitro groups is 1. The maximum absolute atomic E-state index is 10.8. The van der Waals surface area contributed by atoms with Gasteiger partial charge in [0.2, 0.25) is 5.91 Å². The highest BCUT2D eigenvalue weighted by Gasteiger charge is 2.13. The van der Waals surface area contributed by atoms with Gasteiger partial charge in [0, 0.05) is 0 Å². The van der Waals surface area contributed by atoms with E-state index in [0.29, 0.717) is 0 Å². The van der Waals surface area contributed by atoms with Gasteiger partial charge in [0.15, 0.2) is 0 Å². The molecule has 0 aliphatic heterocycles. The minimum Gasteiger partial charge on any atom is -0.383 e. The van der Waals surface area contributed by atoms with Crippen molar-refractivity contribution in [1.29, 1.82) is 0 Å². The summed E-state index contributed by atoms with van der Waals surface area (Å²) in [6.45, 7) is 1.51. The fourth-order valence-electron chi connectivity index (χ4n) is 1.01. The van der Waals surface area contributed by atoms with Gasteiger partial charge in [-0.3, -0.25) is 14.9 Å². The Kier molecular flexibility index (Phi) is 3.24. The van der Waals surface area contributed by atoms with Crippen LogP contribution < -0.4 is 16.8 Å².